The highest BCUT2D eigenvalue weighted by Crippen LogP contribution is 2.32. The van der Waals surface area contributed by atoms with Crippen LogP contribution in [0.3, 0.4) is 0 Å². The Morgan fingerprint density at radius 1 is 1.30 bits per heavy atom. The molecule has 1 heterocycles. The van der Waals surface area contributed by atoms with Crippen LogP contribution in [0.4, 0.5) is 0 Å². The van der Waals surface area contributed by atoms with E-state index in [1.807, 2.05) is 0 Å². The summed E-state index contributed by atoms with van der Waals surface area (Å²) in [6.45, 7) is 3.38. The summed E-state index contributed by atoms with van der Waals surface area (Å²) in [5.41, 5.74) is 0.613. The van der Waals surface area contributed by atoms with Crippen LogP contribution in [-0.2, 0) is 14.3 Å². The Kier molecular flexibility index (Phi) is 5.41. The Bertz CT molecular complexity index is 947. The summed E-state index contributed by atoms with van der Waals surface area (Å²) in [5.74, 6) is -0.492. The number of ether oxygens (including phenoxy) is 2. The summed E-state index contributed by atoms with van der Waals surface area (Å²) in [6.07, 6.45) is 0.284. The molecule has 1 aliphatic rings. The molecule has 8 heteroatoms. The van der Waals surface area contributed by atoms with E-state index in [-0.39, 0.29) is 29.6 Å². The topological polar surface area (TPSA) is 94.8 Å². The molecule has 27 heavy (non-hydrogen) atoms. The molecule has 1 N–H and O–H groups in total. The van der Waals surface area contributed by atoms with Gasteiger partial charge in [0, 0.05) is 23.6 Å². The second-order valence-corrected chi connectivity index (χ2v) is 7.09. The molecule has 1 unspecified atom stereocenters. The second kappa shape index (κ2) is 7.60. The molecular formula is C19H20ClNO6. The van der Waals surface area contributed by atoms with Crippen molar-refractivity contribution in [1.82, 2.24) is 5.32 Å². The van der Waals surface area contributed by atoms with E-state index in [9.17, 15) is 14.4 Å². The predicted molar refractivity (Wildman–Crippen MR) is 99.0 cm³/mol. The van der Waals surface area contributed by atoms with E-state index >= 15 is 0 Å². The maximum Gasteiger partial charge on any atom is 0.336 e. The van der Waals surface area contributed by atoms with Crippen LogP contribution in [-0.4, -0.2) is 31.1 Å². The van der Waals surface area contributed by atoms with Crippen molar-refractivity contribution in [3.05, 3.63) is 39.2 Å². The number of benzene rings is 1. The first kappa shape index (κ1) is 19.2. The quantitative estimate of drug-likeness (QED) is 0.619. The Hall–Kier alpha value is -2.54. The number of hydrogen-bond acceptors (Lipinski definition) is 6. The largest absolute Gasteiger partial charge is 0.479 e. The lowest BCUT2D eigenvalue weighted by Crippen LogP contribution is -2.50. The number of rotatable bonds is 5. The number of nitrogens with one attached hydrogen (secondary N) is 1. The zero-order valence-electron chi connectivity index (χ0n) is 15.2. The molecule has 0 bridgehead atoms. The molecule has 1 aromatic heterocycles. The summed E-state index contributed by atoms with van der Waals surface area (Å²) < 4.78 is 15.5. The molecule has 0 aliphatic heterocycles. The Morgan fingerprint density at radius 2 is 2.00 bits per heavy atom. The van der Waals surface area contributed by atoms with Gasteiger partial charge >= 0.3 is 11.6 Å². The van der Waals surface area contributed by atoms with Gasteiger partial charge in [0.2, 0.25) is 0 Å². The van der Waals surface area contributed by atoms with Crippen LogP contribution in [0.2, 0.25) is 5.02 Å². The summed E-state index contributed by atoms with van der Waals surface area (Å²) in [7, 11) is 1.35. The van der Waals surface area contributed by atoms with Gasteiger partial charge < -0.3 is 19.2 Å². The lowest BCUT2D eigenvalue weighted by molar-refractivity contribution is -0.150. The molecule has 0 radical (unpaired) electrons. The number of carbonyl (C=O) groups is 2. The van der Waals surface area contributed by atoms with Crippen LogP contribution in [0.25, 0.3) is 11.0 Å². The minimum absolute atomic E-state index is 0.0830. The smallest absolute Gasteiger partial charge is 0.336 e. The van der Waals surface area contributed by atoms with Gasteiger partial charge in [0.15, 0.2) is 6.10 Å². The maximum atomic E-state index is 12.3. The maximum absolute atomic E-state index is 12.3. The third kappa shape index (κ3) is 4.08. The van der Waals surface area contributed by atoms with E-state index in [0.29, 0.717) is 28.8 Å². The molecule has 144 valence electrons. The van der Waals surface area contributed by atoms with E-state index in [4.69, 9.17) is 20.8 Å². The summed E-state index contributed by atoms with van der Waals surface area (Å²) in [4.78, 5) is 35.2. The molecule has 1 fully saturated rings. The highest BCUT2D eigenvalue weighted by Gasteiger charge is 2.36. The third-order valence-corrected chi connectivity index (χ3v) is 4.99. The summed E-state index contributed by atoms with van der Waals surface area (Å²) in [6, 6.07) is 4.45. The number of hydrogen-bond donors (Lipinski definition) is 1. The number of aryl methyl sites for hydroxylation is 1. The number of esters is 1. The summed E-state index contributed by atoms with van der Waals surface area (Å²) >= 11 is 6.25. The van der Waals surface area contributed by atoms with Gasteiger partial charge in [0.25, 0.3) is 5.91 Å². The predicted octanol–water partition coefficient (Wildman–Crippen LogP) is 2.59. The van der Waals surface area contributed by atoms with Crippen LogP contribution < -0.4 is 15.7 Å². The van der Waals surface area contributed by atoms with Crippen LogP contribution in [0.15, 0.2) is 27.4 Å². The van der Waals surface area contributed by atoms with Gasteiger partial charge in [-0.25, -0.2) is 4.79 Å². The summed E-state index contributed by atoms with van der Waals surface area (Å²) in [5, 5.41) is 3.85. The Morgan fingerprint density at radius 3 is 2.67 bits per heavy atom. The van der Waals surface area contributed by atoms with Crippen molar-refractivity contribution in [3.63, 3.8) is 0 Å². The fraction of sp³-hybridized carbons (Fsp3) is 0.421. The van der Waals surface area contributed by atoms with Crippen molar-refractivity contribution in [2.24, 2.45) is 5.92 Å². The molecular weight excluding hydrogens is 374 g/mol. The second-order valence-electron chi connectivity index (χ2n) is 6.68. The molecule has 2 aromatic rings. The lowest BCUT2D eigenvalue weighted by Gasteiger charge is -2.34. The van der Waals surface area contributed by atoms with Crippen molar-refractivity contribution >= 4 is 34.4 Å². The van der Waals surface area contributed by atoms with Crippen LogP contribution in [0.5, 0.6) is 5.75 Å². The Labute approximate surface area is 160 Å². The van der Waals surface area contributed by atoms with Gasteiger partial charge in [0.05, 0.1) is 18.1 Å². The van der Waals surface area contributed by atoms with Gasteiger partial charge in [-0.05, 0) is 38.3 Å². The molecule has 3 rings (SSSR count). The van der Waals surface area contributed by atoms with Gasteiger partial charge in [-0.2, -0.15) is 0 Å². The first-order valence-electron chi connectivity index (χ1n) is 8.57. The van der Waals surface area contributed by atoms with Crippen LogP contribution in [0.1, 0.15) is 25.3 Å². The molecule has 0 saturated heterocycles. The zero-order valence-corrected chi connectivity index (χ0v) is 16.0. The highest BCUT2D eigenvalue weighted by molar-refractivity contribution is 6.32. The number of amides is 1. The zero-order chi connectivity index (χ0) is 19.7. The number of methoxy groups -OCH3 is 1. The van der Waals surface area contributed by atoms with Crippen molar-refractivity contribution in [1.29, 1.82) is 0 Å². The average molecular weight is 394 g/mol. The molecule has 1 saturated carbocycles. The molecule has 7 nitrogen and oxygen atoms in total. The van der Waals surface area contributed by atoms with Gasteiger partial charge in [0.1, 0.15) is 11.3 Å². The van der Waals surface area contributed by atoms with Crippen molar-refractivity contribution < 1.29 is 23.5 Å². The standard InChI is InChI=1S/C19H20ClNO6/c1-9-4-17(22)27-15-8-16(14(20)7-13(9)15)26-10(2)18(23)21-12-5-11(6-12)19(24)25-3/h4,7-8,10-12H,5-6H2,1-3H3,(H,21,23). The fourth-order valence-electron chi connectivity index (χ4n) is 3.07. The number of fused-ring (bicyclic) bond motifs is 1. The molecule has 1 aliphatic carbocycles. The van der Waals surface area contributed by atoms with Crippen molar-refractivity contribution in [2.45, 2.75) is 38.8 Å². The van der Waals surface area contributed by atoms with E-state index in [0.717, 1.165) is 5.56 Å². The first-order valence-corrected chi connectivity index (χ1v) is 8.95. The molecule has 1 amide bonds. The third-order valence-electron chi connectivity index (χ3n) is 4.70. The van der Waals surface area contributed by atoms with Gasteiger partial charge in [-0.15, -0.1) is 0 Å². The van der Waals surface area contributed by atoms with E-state index in [2.05, 4.69) is 10.1 Å². The number of carbonyl (C=O) groups excluding carboxylic acids is 2. The minimum Gasteiger partial charge on any atom is -0.479 e. The molecule has 1 aromatic carbocycles. The van der Waals surface area contributed by atoms with Crippen molar-refractivity contribution in [3.8, 4) is 5.75 Å². The molecule has 0 spiro atoms. The normalized spacial score (nSPS) is 19.9. The molecule has 1 atom stereocenters. The minimum atomic E-state index is -0.811. The van der Waals surface area contributed by atoms with Crippen LogP contribution in [0, 0.1) is 12.8 Å². The van der Waals surface area contributed by atoms with Gasteiger partial charge in [-0.1, -0.05) is 11.6 Å². The average Bonchev–Trinajstić information content (AvgIpc) is 2.58. The SMILES string of the molecule is COC(=O)C1CC(NC(=O)C(C)Oc2cc3oc(=O)cc(C)c3cc2Cl)C1. The fourth-order valence-corrected chi connectivity index (χ4v) is 3.28. The van der Waals surface area contributed by atoms with E-state index < -0.39 is 11.7 Å². The highest BCUT2D eigenvalue weighted by atomic mass is 35.5. The first-order chi connectivity index (χ1) is 12.8. The number of halogens is 1. The van der Waals surface area contributed by atoms with Crippen molar-refractivity contribution in [2.75, 3.05) is 7.11 Å². The van der Waals surface area contributed by atoms with Crippen LogP contribution >= 0.6 is 11.6 Å². The van der Waals surface area contributed by atoms with E-state index in [1.54, 1.807) is 19.9 Å². The Balaban J connectivity index is 1.66. The van der Waals surface area contributed by atoms with Gasteiger partial charge in [-0.3, -0.25) is 9.59 Å². The van der Waals surface area contributed by atoms with E-state index in [1.165, 1.54) is 19.2 Å². The lowest BCUT2D eigenvalue weighted by atomic mass is 9.80. The monoisotopic (exact) mass is 393 g/mol.